The summed E-state index contributed by atoms with van der Waals surface area (Å²) in [6.45, 7) is 3.58. The van der Waals surface area contributed by atoms with Gasteiger partial charge in [-0.15, -0.1) is 0 Å². The van der Waals surface area contributed by atoms with Gasteiger partial charge in [-0.05, 0) is 31.9 Å². The SMILES string of the molecule is CC(c1cccc([N+](=O)[O-])c1)N(C)C(=O)[C@H]1CCCNC1. The lowest BCUT2D eigenvalue weighted by molar-refractivity contribution is -0.384. The molecule has 0 saturated carbocycles. The molecule has 0 aromatic heterocycles. The van der Waals surface area contributed by atoms with Gasteiger partial charge >= 0.3 is 0 Å². The highest BCUT2D eigenvalue weighted by molar-refractivity contribution is 5.79. The number of amides is 1. The van der Waals surface area contributed by atoms with E-state index in [1.165, 1.54) is 12.1 Å². The van der Waals surface area contributed by atoms with E-state index in [2.05, 4.69) is 5.32 Å². The molecule has 1 fully saturated rings. The van der Waals surface area contributed by atoms with Crippen molar-refractivity contribution >= 4 is 11.6 Å². The number of carbonyl (C=O) groups excluding carboxylic acids is 1. The van der Waals surface area contributed by atoms with E-state index in [-0.39, 0.29) is 23.6 Å². The minimum Gasteiger partial charge on any atom is -0.339 e. The van der Waals surface area contributed by atoms with E-state index in [0.29, 0.717) is 6.54 Å². The molecule has 0 aliphatic carbocycles. The first-order chi connectivity index (χ1) is 10.0. The third-order valence-electron chi connectivity index (χ3n) is 4.14. The van der Waals surface area contributed by atoms with Gasteiger partial charge in [0.15, 0.2) is 0 Å². The predicted molar refractivity (Wildman–Crippen MR) is 79.9 cm³/mol. The fraction of sp³-hybridized carbons (Fsp3) is 0.533. The number of nitrogens with one attached hydrogen (secondary N) is 1. The Morgan fingerprint density at radius 2 is 2.29 bits per heavy atom. The van der Waals surface area contributed by atoms with Gasteiger partial charge < -0.3 is 10.2 Å². The highest BCUT2D eigenvalue weighted by Gasteiger charge is 2.27. The number of piperidine rings is 1. The van der Waals surface area contributed by atoms with Crippen LogP contribution in [0.2, 0.25) is 0 Å². The van der Waals surface area contributed by atoms with Gasteiger partial charge in [-0.2, -0.15) is 0 Å². The van der Waals surface area contributed by atoms with Crippen LogP contribution in [0.25, 0.3) is 0 Å². The number of rotatable bonds is 4. The summed E-state index contributed by atoms with van der Waals surface area (Å²) in [6, 6.07) is 6.29. The van der Waals surface area contributed by atoms with Gasteiger partial charge in [0, 0.05) is 25.7 Å². The molecule has 0 bridgehead atoms. The summed E-state index contributed by atoms with van der Waals surface area (Å²) in [5.41, 5.74) is 0.836. The van der Waals surface area contributed by atoms with E-state index in [4.69, 9.17) is 0 Å². The number of carbonyl (C=O) groups is 1. The molecule has 2 atom stereocenters. The van der Waals surface area contributed by atoms with E-state index in [0.717, 1.165) is 24.9 Å². The van der Waals surface area contributed by atoms with E-state index in [1.54, 1.807) is 18.0 Å². The lowest BCUT2D eigenvalue weighted by atomic mass is 9.97. The van der Waals surface area contributed by atoms with Crippen LogP contribution in [0.5, 0.6) is 0 Å². The molecular formula is C15H21N3O3. The highest BCUT2D eigenvalue weighted by atomic mass is 16.6. The topological polar surface area (TPSA) is 75.5 Å². The van der Waals surface area contributed by atoms with Crippen molar-refractivity contribution in [3.05, 3.63) is 39.9 Å². The smallest absolute Gasteiger partial charge is 0.269 e. The third-order valence-corrected chi connectivity index (χ3v) is 4.14. The fourth-order valence-corrected chi connectivity index (χ4v) is 2.66. The molecule has 0 spiro atoms. The molecule has 6 heteroatoms. The summed E-state index contributed by atoms with van der Waals surface area (Å²) < 4.78 is 0. The van der Waals surface area contributed by atoms with E-state index in [9.17, 15) is 14.9 Å². The maximum Gasteiger partial charge on any atom is 0.269 e. The normalized spacial score (nSPS) is 19.8. The Bertz CT molecular complexity index is 527. The second-order valence-electron chi connectivity index (χ2n) is 5.52. The molecule has 2 rings (SSSR count). The van der Waals surface area contributed by atoms with Gasteiger partial charge in [0.1, 0.15) is 0 Å². The number of hydrogen-bond donors (Lipinski definition) is 1. The second kappa shape index (κ2) is 6.67. The molecule has 1 heterocycles. The maximum absolute atomic E-state index is 12.5. The van der Waals surface area contributed by atoms with Gasteiger partial charge in [0.2, 0.25) is 5.91 Å². The van der Waals surface area contributed by atoms with Crippen LogP contribution in [-0.2, 0) is 4.79 Å². The monoisotopic (exact) mass is 291 g/mol. The van der Waals surface area contributed by atoms with Crippen LogP contribution in [0.3, 0.4) is 0 Å². The summed E-state index contributed by atoms with van der Waals surface area (Å²) in [7, 11) is 1.76. The molecule has 0 radical (unpaired) electrons. The van der Waals surface area contributed by atoms with Crippen molar-refractivity contribution in [1.82, 2.24) is 10.2 Å². The minimum absolute atomic E-state index is 0.00454. The van der Waals surface area contributed by atoms with Crippen molar-refractivity contribution in [2.75, 3.05) is 20.1 Å². The van der Waals surface area contributed by atoms with Crippen LogP contribution in [0.1, 0.15) is 31.4 Å². The Kier molecular flexibility index (Phi) is 4.90. The second-order valence-corrected chi connectivity index (χ2v) is 5.52. The summed E-state index contributed by atoms with van der Waals surface area (Å²) in [6.07, 6.45) is 1.91. The van der Waals surface area contributed by atoms with Crippen molar-refractivity contribution in [2.45, 2.75) is 25.8 Å². The summed E-state index contributed by atoms with van der Waals surface area (Å²) >= 11 is 0. The number of nitrogens with zero attached hydrogens (tertiary/aromatic N) is 2. The molecule has 1 unspecified atom stereocenters. The van der Waals surface area contributed by atoms with Crippen LogP contribution < -0.4 is 5.32 Å². The first-order valence-corrected chi connectivity index (χ1v) is 7.22. The maximum atomic E-state index is 12.5. The Labute approximate surface area is 124 Å². The van der Waals surface area contributed by atoms with E-state index >= 15 is 0 Å². The Hall–Kier alpha value is -1.95. The zero-order valence-electron chi connectivity index (χ0n) is 12.4. The lowest BCUT2D eigenvalue weighted by Gasteiger charge is -2.31. The quantitative estimate of drug-likeness (QED) is 0.681. The average molecular weight is 291 g/mol. The van der Waals surface area contributed by atoms with Crippen LogP contribution >= 0.6 is 0 Å². The lowest BCUT2D eigenvalue weighted by Crippen LogP contribution is -2.42. The number of benzene rings is 1. The molecule has 6 nitrogen and oxygen atoms in total. The number of hydrogen-bond acceptors (Lipinski definition) is 4. The number of nitro groups is 1. The van der Waals surface area contributed by atoms with Crippen molar-refractivity contribution in [3.63, 3.8) is 0 Å². The van der Waals surface area contributed by atoms with Gasteiger partial charge in [-0.3, -0.25) is 14.9 Å². The van der Waals surface area contributed by atoms with Crippen LogP contribution in [0.4, 0.5) is 5.69 Å². The molecule has 1 saturated heterocycles. The molecular weight excluding hydrogens is 270 g/mol. The van der Waals surface area contributed by atoms with Gasteiger partial charge in [-0.25, -0.2) is 0 Å². The molecule has 1 aromatic carbocycles. The average Bonchev–Trinajstić information content (AvgIpc) is 2.53. The number of non-ortho nitro benzene ring substituents is 1. The van der Waals surface area contributed by atoms with Gasteiger partial charge in [0.25, 0.3) is 5.69 Å². The Morgan fingerprint density at radius 1 is 1.52 bits per heavy atom. The molecule has 1 N–H and O–H groups in total. The van der Waals surface area contributed by atoms with Gasteiger partial charge in [-0.1, -0.05) is 12.1 Å². The van der Waals surface area contributed by atoms with Crippen LogP contribution in [0.15, 0.2) is 24.3 Å². The van der Waals surface area contributed by atoms with E-state index in [1.807, 2.05) is 13.0 Å². The Morgan fingerprint density at radius 3 is 2.90 bits per heavy atom. The molecule has 21 heavy (non-hydrogen) atoms. The van der Waals surface area contributed by atoms with Gasteiger partial charge in [0.05, 0.1) is 16.9 Å². The van der Waals surface area contributed by atoms with Crippen molar-refractivity contribution in [2.24, 2.45) is 5.92 Å². The molecule has 1 aliphatic heterocycles. The third kappa shape index (κ3) is 3.58. The summed E-state index contributed by atoms with van der Waals surface area (Å²) in [5, 5.41) is 14.1. The Balaban J connectivity index is 2.10. The minimum atomic E-state index is -0.414. The summed E-state index contributed by atoms with van der Waals surface area (Å²) in [4.78, 5) is 24.6. The summed E-state index contributed by atoms with van der Waals surface area (Å²) in [5.74, 6) is 0.103. The fourth-order valence-electron chi connectivity index (χ4n) is 2.66. The molecule has 114 valence electrons. The predicted octanol–water partition coefficient (Wildman–Crippen LogP) is 2.11. The molecule has 1 amide bonds. The first-order valence-electron chi connectivity index (χ1n) is 7.22. The van der Waals surface area contributed by atoms with Crippen molar-refractivity contribution in [1.29, 1.82) is 0 Å². The zero-order chi connectivity index (χ0) is 15.4. The largest absolute Gasteiger partial charge is 0.339 e. The number of nitro benzene ring substituents is 1. The highest BCUT2D eigenvalue weighted by Crippen LogP contribution is 2.25. The molecule has 1 aromatic rings. The van der Waals surface area contributed by atoms with Crippen LogP contribution in [-0.4, -0.2) is 35.9 Å². The standard InChI is InChI=1S/C15H21N3O3/c1-11(12-5-3-7-14(9-12)18(20)21)17(2)15(19)13-6-4-8-16-10-13/h3,5,7,9,11,13,16H,4,6,8,10H2,1-2H3/t11?,13-/m0/s1. The van der Waals surface area contributed by atoms with E-state index < -0.39 is 4.92 Å². The first kappa shape index (κ1) is 15.4. The molecule has 1 aliphatic rings. The zero-order valence-corrected chi connectivity index (χ0v) is 12.4. The van der Waals surface area contributed by atoms with Crippen LogP contribution in [0, 0.1) is 16.0 Å². The van der Waals surface area contributed by atoms with Crippen molar-refractivity contribution in [3.8, 4) is 0 Å². The van der Waals surface area contributed by atoms with Crippen molar-refractivity contribution < 1.29 is 9.72 Å².